The molecule has 0 atom stereocenters. The summed E-state index contributed by atoms with van der Waals surface area (Å²) in [6.07, 6.45) is 2.21. The maximum Gasteiger partial charge on any atom is 0.437 e. The van der Waals surface area contributed by atoms with E-state index in [2.05, 4.69) is 15.4 Å². The largest absolute Gasteiger partial charge is 0.437 e. The summed E-state index contributed by atoms with van der Waals surface area (Å²) in [4.78, 5) is 28.9. The third kappa shape index (κ3) is 5.70. The van der Waals surface area contributed by atoms with Crippen molar-refractivity contribution in [2.75, 3.05) is 6.54 Å². The number of carbonyl (C=O) groups excluding carboxylic acids is 1. The Morgan fingerprint density at radius 2 is 1.79 bits per heavy atom. The summed E-state index contributed by atoms with van der Waals surface area (Å²) in [5, 5.41) is 8.50. The van der Waals surface area contributed by atoms with Crippen LogP contribution in [0.1, 0.15) is 16.8 Å². The number of benzene rings is 2. The third-order valence-corrected chi connectivity index (χ3v) is 6.18. The van der Waals surface area contributed by atoms with Crippen LogP contribution in [0.15, 0.2) is 58.0 Å². The molecule has 4 aromatic rings. The van der Waals surface area contributed by atoms with Crippen LogP contribution in [0.3, 0.4) is 0 Å². The molecule has 0 aliphatic heterocycles. The van der Waals surface area contributed by atoms with E-state index in [1.54, 1.807) is 18.5 Å². The zero-order chi connectivity index (χ0) is 24.2. The first-order chi connectivity index (χ1) is 16.3. The minimum atomic E-state index is -0.735. The molecule has 11 heteroatoms. The lowest BCUT2D eigenvalue weighted by molar-refractivity contribution is -0.121. The molecule has 0 bridgehead atoms. The van der Waals surface area contributed by atoms with Crippen molar-refractivity contribution < 1.29 is 9.21 Å². The van der Waals surface area contributed by atoms with E-state index in [9.17, 15) is 9.59 Å². The number of carbonyl (C=O) groups is 1. The highest BCUT2D eigenvalue weighted by Gasteiger charge is 2.18. The number of imidazole rings is 1. The van der Waals surface area contributed by atoms with E-state index in [1.165, 1.54) is 0 Å². The van der Waals surface area contributed by atoms with E-state index in [-0.39, 0.29) is 18.3 Å². The first-order valence-corrected chi connectivity index (χ1v) is 11.5. The second-order valence-electron chi connectivity index (χ2n) is 7.61. The number of aromatic nitrogens is 4. The fourth-order valence-corrected chi connectivity index (χ4v) is 3.78. The van der Waals surface area contributed by atoms with Crippen molar-refractivity contribution in [3.63, 3.8) is 0 Å². The Balaban J connectivity index is 1.38. The number of nitrogens with one attached hydrogen (secondary N) is 1. The molecule has 2 aromatic heterocycles. The van der Waals surface area contributed by atoms with Crippen molar-refractivity contribution in [1.29, 1.82) is 0 Å². The van der Waals surface area contributed by atoms with Crippen molar-refractivity contribution >= 4 is 40.7 Å². The van der Waals surface area contributed by atoms with Gasteiger partial charge in [0.1, 0.15) is 12.2 Å². The topological polar surface area (TPSA) is 94.9 Å². The molecule has 8 nitrogen and oxygen atoms in total. The Morgan fingerprint density at radius 3 is 2.53 bits per heavy atom. The summed E-state index contributed by atoms with van der Waals surface area (Å²) >= 11 is 17.9. The number of hydrogen-bond acceptors (Lipinski definition) is 5. The zero-order valence-electron chi connectivity index (χ0n) is 18.1. The van der Waals surface area contributed by atoms with E-state index in [0.29, 0.717) is 40.3 Å². The maximum atomic E-state index is 12.3. The molecule has 0 radical (unpaired) electrons. The number of amides is 1. The summed E-state index contributed by atoms with van der Waals surface area (Å²) in [7, 11) is 0. The van der Waals surface area contributed by atoms with Crippen LogP contribution in [0.2, 0.25) is 15.1 Å². The van der Waals surface area contributed by atoms with Crippen molar-refractivity contribution in [1.82, 2.24) is 24.6 Å². The Labute approximate surface area is 210 Å². The fraction of sp³-hybridized carbons (Fsp3) is 0.217. The average molecular weight is 521 g/mol. The van der Waals surface area contributed by atoms with E-state index < -0.39 is 5.76 Å². The number of nitrogens with zero attached hydrogens (tertiary/aromatic N) is 4. The van der Waals surface area contributed by atoms with Crippen LogP contribution in [0.25, 0.3) is 11.6 Å². The molecule has 0 saturated heterocycles. The quantitative estimate of drug-likeness (QED) is 0.372. The lowest BCUT2D eigenvalue weighted by Crippen LogP contribution is -2.32. The second kappa shape index (κ2) is 10.5. The Bertz CT molecular complexity index is 1380. The molecule has 176 valence electrons. The van der Waals surface area contributed by atoms with Gasteiger partial charge in [0.05, 0.1) is 16.4 Å². The van der Waals surface area contributed by atoms with Gasteiger partial charge in [-0.15, -0.1) is 5.10 Å². The van der Waals surface area contributed by atoms with E-state index in [0.717, 1.165) is 21.5 Å². The maximum absolute atomic E-state index is 12.3. The Kier molecular flexibility index (Phi) is 7.41. The van der Waals surface area contributed by atoms with Crippen LogP contribution in [0.4, 0.5) is 0 Å². The van der Waals surface area contributed by atoms with Crippen molar-refractivity contribution in [3.8, 4) is 11.6 Å². The molecular formula is C23H20Cl3N5O3. The molecule has 0 unspecified atom stereocenters. The number of rotatable bonds is 8. The van der Waals surface area contributed by atoms with E-state index in [4.69, 9.17) is 39.2 Å². The zero-order valence-corrected chi connectivity index (χ0v) is 20.4. The number of hydrogen-bond donors (Lipinski definition) is 1. The van der Waals surface area contributed by atoms with Gasteiger partial charge in [0.25, 0.3) is 5.89 Å². The predicted octanol–water partition coefficient (Wildman–Crippen LogP) is 4.38. The van der Waals surface area contributed by atoms with Gasteiger partial charge in [-0.3, -0.25) is 4.79 Å². The van der Waals surface area contributed by atoms with Gasteiger partial charge in [-0.1, -0.05) is 53.0 Å². The standard InChI is InChI=1S/C23H20Cl3N5O3/c1-14-21(28-13-30(14)11-16-2-5-17(24)6-3-16)22-29-31(23(33)34-22)12-20(32)27-9-8-15-4-7-18(25)19(26)10-15/h2-7,10,13H,8-9,11-12H2,1H3,(H,27,32). The fourth-order valence-electron chi connectivity index (χ4n) is 3.33. The smallest absolute Gasteiger partial charge is 0.386 e. The van der Waals surface area contributed by atoms with Gasteiger partial charge in [-0.25, -0.2) is 9.78 Å². The molecule has 0 saturated carbocycles. The van der Waals surface area contributed by atoms with Crippen LogP contribution in [-0.2, 0) is 24.3 Å². The molecule has 1 amide bonds. The average Bonchev–Trinajstić information content (AvgIpc) is 3.34. The lowest BCUT2D eigenvalue weighted by Gasteiger charge is -2.06. The molecule has 0 aliphatic rings. The first kappa shape index (κ1) is 24.1. The molecule has 1 N–H and O–H groups in total. The van der Waals surface area contributed by atoms with E-state index in [1.807, 2.05) is 41.8 Å². The summed E-state index contributed by atoms with van der Waals surface area (Å²) < 4.78 is 8.14. The summed E-state index contributed by atoms with van der Waals surface area (Å²) in [6.45, 7) is 2.52. The number of halogens is 3. The lowest BCUT2D eigenvalue weighted by atomic mass is 10.1. The third-order valence-electron chi connectivity index (χ3n) is 5.19. The van der Waals surface area contributed by atoms with Crippen LogP contribution < -0.4 is 11.1 Å². The molecule has 0 aliphatic carbocycles. The highest BCUT2D eigenvalue weighted by atomic mass is 35.5. The van der Waals surface area contributed by atoms with Gasteiger partial charge in [0.15, 0.2) is 0 Å². The molecule has 4 rings (SSSR count). The van der Waals surface area contributed by atoms with Gasteiger partial charge in [0.2, 0.25) is 5.91 Å². The van der Waals surface area contributed by atoms with Crippen LogP contribution in [0, 0.1) is 6.92 Å². The van der Waals surface area contributed by atoms with Crippen LogP contribution in [-0.4, -0.2) is 31.8 Å². The minimum Gasteiger partial charge on any atom is -0.386 e. The van der Waals surface area contributed by atoms with Gasteiger partial charge in [0, 0.05) is 23.8 Å². The SMILES string of the molecule is Cc1c(-c2nn(CC(=O)NCCc3ccc(Cl)c(Cl)c3)c(=O)o2)ncn1Cc1ccc(Cl)cc1. The van der Waals surface area contributed by atoms with Crippen LogP contribution >= 0.6 is 34.8 Å². The first-order valence-electron chi connectivity index (χ1n) is 10.4. The van der Waals surface area contributed by atoms with Crippen molar-refractivity contribution in [2.24, 2.45) is 0 Å². The van der Waals surface area contributed by atoms with Crippen molar-refractivity contribution in [2.45, 2.75) is 26.4 Å². The molecule has 34 heavy (non-hydrogen) atoms. The second-order valence-corrected chi connectivity index (χ2v) is 8.86. The monoisotopic (exact) mass is 519 g/mol. The molecule has 2 aromatic carbocycles. The van der Waals surface area contributed by atoms with Crippen LogP contribution in [0.5, 0.6) is 0 Å². The summed E-state index contributed by atoms with van der Waals surface area (Å²) in [5.41, 5.74) is 3.18. The highest BCUT2D eigenvalue weighted by molar-refractivity contribution is 6.42. The summed E-state index contributed by atoms with van der Waals surface area (Å²) in [5.74, 6) is -1.05. The van der Waals surface area contributed by atoms with E-state index >= 15 is 0 Å². The van der Waals surface area contributed by atoms with Gasteiger partial charge in [-0.05, 0) is 48.7 Å². The Morgan fingerprint density at radius 1 is 1.06 bits per heavy atom. The van der Waals surface area contributed by atoms with Crippen molar-refractivity contribution in [3.05, 3.63) is 91.2 Å². The van der Waals surface area contributed by atoms with Gasteiger partial charge >= 0.3 is 5.76 Å². The molecule has 0 spiro atoms. The normalized spacial score (nSPS) is 11.1. The predicted molar refractivity (Wildman–Crippen MR) is 130 cm³/mol. The Hall–Kier alpha value is -3.07. The molecule has 2 heterocycles. The molecular weight excluding hydrogens is 501 g/mol. The summed E-state index contributed by atoms with van der Waals surface area (Å²) in [6, 6.07) is 12.8. The molecule has 0 fully saturated rings. The minimum absolute atomic E-state index is 0.0564. The van der Waals surface area contributed by atoms with Gasteiger partial charge < -0.3 is 14.3 Å². The van der Waals surface area contributed by atoms with Gasteiger partial charge in [-0.2, -0.15) is 4.68 Å². The highest BCUT2D eigenvalue weighted by Crippen LogP contribution is 2.23.